The van der Waals surface area contributed by atoms with Crippen LogP contribution in [0.25, 0.3) is 10.8 Å². The normalized spacial score (nSPS) is 10.3. The Morgan fingerprint density at radius 3 is 2.43 bits per heavy atom. The molecule has 3 N–H and O–H groups in total. The molecule has 0 spiro atoms. The predicted molar refractivity (Wildman–Crippen MR) is 124 cm³/mol. The zero-order chi connectivity index (χ0) is 21.3. The molecule has 3 rings (SSSR count). The molecule has 0 heterocycles. The lowest BCUT2D eigenvalue weighted by Crippen LogP contribution is -2.49. The molecular weight excluding hydrogens is 466 g/mol. The Morgan fingerprint density at radius 1 is 0.900 bits per heavy atom. The molecule has 154 valence electrons. The molecule has 0 aliphatic rings. The molecule has 0 aliphatic heterocycles. The van der Waals surface area contributed by atoms with Gasteiger partial charge in [-0.25, -0.2) is 0 Å². The molecule has 0 aromatic heterocycles. The summed E-state index contributed by atoms with van der Waals surface area (Å²) in [6.45, 7) is -0.222. The highest BCUT2D eigenvalue weighted by Gasteiger charge is 2.10. The van der Waals surface area contributed by atoms with Gasteiger partial charge in [0.1, 0.15) is 5.75 Å². The van der Waals surface area contributed by atoms with E-state index in [2.05, 4.69) is 32.1 Å². The molecular formula is C22H20BrN3O3S. The van der Waals surface area contributed by atoms with Gasteiger partial charge in [-0.05, 0) is 57.0 Å². The van der Waals surface area contributed by atoms with Gasteiger partial charge in [0.05, 0.1) is 4.47 Å². The van der Waals surface area contributed by atoms with Crippen molar-refractivity contribution in [1.82, 2.24) is 16.2 Å². The number of carbonyl (C=O) groups excluding carboxylic acids is 2. The Bertz CT molecular complexity index is 1060. The minimum Gasteiger partial charge on any atom is -0.483 e. The van der Waals surface area contributed by atoms with Gasteiger partial charge in [0, 0.05) is 6.42 Å². The molecule has 0 saturated carbocycles. The summed E-state index contributed by atoms with van der Waals surface area (Å²) in [5.41, 5.74) is 6.06. The zero-order valence-electron chi connectivity index (χ0n) is 16.0. The van der Waals surface area contributed by atoms with E-state index in [1.165, 1.54) is 0 Å². The molecule has 8 heteroatoms. The molecule has 0 atom stereocenters. The van der Waals surface area contributed by atoms with Crippen LogP contribution in [-0.2, 0) is 16.0 Å². The summed E-state index contributed by atoms with van der Waals surface area (Å²) >= 11 is 8.54. The summed E-state index contributed by atoms with van der Waals surface area (Å²) < 4.78 is 6.36. The van der Waals surface area contributed by atoms with Crippen molar-refractivity contribution in [2.24, 2.45) is 0 Å². The van der Waals surface area contributed by atoms with Gasteiger partial charge < -0.3 is 4.74 Å². The zero-order valence-corrected chi connectivity index (χ0v) is 18.4. The summed E-state index contributed by atoms with van der Waals surface area (Å²) in [4.78, 5) is 24.0. The number of hydrogen-bond acceptors (Lipinski definition) is 4. The maximum absolute atomic E-state index is 12.1. The van der Waals surface area contributed by atoms with Gasteiger partial charge in [-0.2, -0.15) is 0 Å². The van der Waals surface area contributed by atoms with Gasteiger partial charge >= 0.3 is 0 Å². The standard InChI is InChI=1S/C22H20BrN3O3S/c23-21-17-9-5-4-8-16(17)11-12-18(21)29-14-20(28)24-22(30)26-25-19(27)13-10-15-6-2-1-3-7-15/h1-9,11-12H,10,13-14H2,(H,25,27)(H2,24,26,28,30). The highest BCUT2D eigenvalue weighted by Crippen LogP contribution is 2.32. The fraction of sp³-hybridized carbons (Fsp3) is 0.136. The van der Waals surface area contributed by atoms with Crippen LogP contribution in [0, 0.1) is 0 Å². The van der Waals surface area contributed by atoms with Crippen molar-refractivity contribution in [2.45, 2.75) is 12.8 Å². The van der Waals surface area contributed by atoms with Crippen molar-refractivity contribution in [1.29, 1.82) is 0 Å². The average molecular weight is 486 g/mol. The first-order valence-corrected chi connectivity index (χ1v) is 10.5. The van der Waals surface area contributed by atoms with Gasteiger partial charge in [0.25, 0.3) is 5.91 Å². The van der Waals surface area contributed by atoms with Gasteiger partial charge in [-0.1, -0.05) is 60.7 Å². The Hall–Kier alpha value is -2.97. The second kappa shape index (κ2) is 10.7. The van der Waals surface area contributed by atoms with E-state index in [4.69, 9.17) is 17.0 Å². The Morgan fingerprint density at radius 2 is 1.63 bits per heavy atom. The first-order chi connectivity index (χ1) is 14.5. The Kier molecular flexibility index (Phi) is 7.75. The second-order valence-corrected chi connectivity index (χ2v) is 7.62. The number of benzene rings is 3. The van der Waals surface area contributed by atoms with Crippen LogP contribution in [0.1, 0.15) is 12.0 Å². The van der Waals surface area contributed by atoms with Crippen LogP contribution < -0.4 is 20.9 Å². The number of hydrogen-bond donors (Lipinski definition) is 3. The molecule has 0 unspecified atom stereocenters. The lowest BCUT2D eigenvalue weighted by molar-refractivity contribution is -0.123. The number of aryl methyl sites for hydroxylation is 1. The molecule has 0 saturated heterocycles. The minimum absolute atomic E-state index is 0.00533. The van der Waals surface area contributed by atoms with Gasteiger partial charge in [0.2, 0.25) is 5.91 Å². The van der Waals surface area contributed by atoms with Gasteiger partial charge in [0.15, 0.2) is 11.7 Å². The number of rotatable bonds is 6. The molecule has 0 fully saturated rings. The molecule has 30 heavy (non-hydrogen) atoms. The summed E-state index contributed by atoms with van der Waals surface area (Å²) in [6.07, 6.45) is 0.911. The Labute approximate surface area is 188 Å². The quantitative estimate of drug-likeness (QED) is 0.367. The van der Waals surface area contributed by atoms with E-state index in [-0.39, 0.29) is 17.6 Å². The summed E-state index contributed by atoms with van der Waals surface area (Å²) in [5.74, 6) is -0.116. The van der Waals surface area contributed by atoms with Crippen LogP contribution in [0.5, 0.6) is 5.75 Å². The molecule has 2 amide bonds. The number of fused-ring (bicyclic) bond motifs is 1. The van der Waals surface area contributed by atoms with Crippen LogP contribution in [0.4, 0.5) is 0 Å². The maximum Gasteiger partial charge on any atom is 0.264 e. The predicted octanol–water partition coefficient (Wildman–Crippen LogP) is 3.64. The summed E-state index contributed by atoms with van der Waals surface area (Å²) in [7, 11) is 0. The molecule has 0 bridgehead atoms. The third-order valence-electron chi connectivity index (χ3n) is 4.24. The fourth-order valence-corrected chi connectivity index (χ4v) is 3.53. The number of halogens is 1. The van der Waals surface area contributed by atoms with Crippen LogP contribution in [0.3, 0.4) is 0 Å². The average Bonchev–Trinajstić information content (AvgIpc) is 2.76. The molecule has 0 aliphatic carbocycles. The largest absolute Gasteiger partial charge is 0.483 e. The van der Waals surface area contributed by atoms with Crippen LogP contribution in [0.2, 0.25) is 0 Å². The number of nitrogens with one attached hydrogen (secondary N) is 3. The maximum atomic E-state index is 12.1. The van der Waals surface area contributed by atoms with E-state index in [1.807, 2.05) is 60.7 Å². The van der Waals surface area contributed by atoms with Crippen molar-refractivity contribution in [2.75, 3.05) is 6.61 Å². The third-order valence-corrected chi connectivity index (χ3v) is 5.26. The lowest BCUT2D eigenvalue weighted by Gasteiger charge is -2.12. The number of hydrazine groups is 1. The lowest BCUT2D eigenvalue weighted by atomic mass is 10.1. The van der Waals surface area contributed by atoms with E-state index in [0.29, 0.717) is 18.6 Å². The molecule has 3 aromatic carbocycles. The first-order valence-electron chi connectivity index (χ1n) is 9.25. The van der Waals surface area contributed by atoms with E-state index in [0.717, 1.165) is 20.8 Å². The van der Waals surface area contributed by atoms with E-state index in [1.54, 1.807) is 6.07 Å². The number of thiocarbonyl (C=S) groups is 1. The fourth-order valence-electron chi connectivity index (χ4n) is 2.75. The van der Waals surface area contributed by atoms with Crippen LogP contribution in [0.15, 0.2) is 71.2 Å². The van der Waals surface area contributed by atoms with E-state index in [9.17, 15) is 9.59 Å². The van der Waals surface area contributed by atoms with Crippen LogP contribution >= 0.6 is 28.1 Å². The van der Waals surface area contributed by atoms with Gasteiger partial charge in [-0.3, -0.25) is 25.8 Å². The topological polar surface area (TPSA) is 79.5 Å². The summed E-state index contributed by atoms with van der Waals surface area (Å²) in [6, 6.07) is 21.3. The highest BCUT2D eigenvalue weighted by molar-refractivity contribution is 9.10. The number of amides is 2. The second-order valence-electron chi connectivity index (χ2n) is 6.42. The molecule has 6 nitrogen and oxygen atoms in total. The monoisotopic (exact) mass is 485 g/mol. The van der Waals surface area contributed by atoms with Crippen LogP contribution in [-0.4, -0.2) is 23.5 Å². The number of ether oxygens (including phenoxy) is 1. The molecule has 0 radical (unpaired) electrons. The van der Waals surface area contributed by atoms with E-state index < -0.39 is 5.91 Å². The SMILES string of the molecule is O=C(CCc1ccccc1)NNC(=S)NC(=O)COc1ccc2ccccc2c1Br. The van der Waals surface area contributed by atoms with Crippen molar-refractivity contribution in [3.8, 4) is 5.75 Å². The molecule has 3 aromatic rings. The Balaban J connectivity index is 1.40. The van der Waals surface area contributed by atoms with Crippen molar-refractivity contribution >= 4 is 55.8 Å². The number of carbonyl (C=O) groups is 2. The van der Waals surface area contributed by atoms with Crippen molar-refractivity contribution in [3.63, 3.8) is 0 Å². The highest BCUT2D eigenvalue weighted by atomic mass is 79.9. The van der Waals surface area contributed by atoms with Crippen molar-refractivity contribution < 1.29 is 14.3 Å². The van der Waals surface area contributed by atoms with E-state index >= 15 is 0 Å². The summed E-state index contributed by atoms with van der Waals surface area (Å²) in [5, 5.41) is 4.51. The van der Waals surface area contributed by atoms with Gasteiger partial charge in [-0.15, -0.1) is 0 Å². The first kappa shape index (κ1) is 21.7. The minimum atomic E-state index is -0.439. The van der Waals surface area contributed by atoms with Crippen molar-refractivity contribution in [3.05, 3.63) is 76.8 Å². The third kappa shape index (κ3) is 6.27. The smallest absolute Gasteiger partial charge is 0.264 e.